The molecule has 0 saturated carbocycles. The molecule has 0 unspecified atom stereocenters. The number of aromatic hydroxyl groups is 1. The number of nitrogens with two attached hydrogens (primary N) is 3. The molecule has 5 amide bonds. The molecule has 15 heteroatoms. The van der Waals surface area contributed by atoms with Gasteiger partial charge in [-0.1, -0.05) is 54.6 Å². The largest absolute Gasteiger partial charge is 0.508 e. The van der Waals surface area contributed by atoms with Crippen LogP contribution in [0.3, 0.4) is 0 Å². The number of nitrogens with one attached hydrogen (secondary N) is 4. The molecule has 11 N–H and O–H groups in total. The maximum absolute atomic E-state index is 14.0. The molecule has 0 aromatic heterocycles. The van der Waals surface area contributed by atoms with Gasteiger partial charge < -0.3 is 48.5 Å². The average molecular weight is 702 g/mol. The first-order chi connectivity index (χ1) is 24.4. The number of nitrogens with zero attached hydrogens (tertiary/aromatic N) is 2. The van der Waals surface area contributed by atoms with E-state index in [0.717, 1.165) is 16.3 Å². The molecule has 1 fully saturated rings. The number of rotatable bonds is 11. The van der Waals surface area contributed by atoms with Crippen molar-refractivity contribution in [1.29, 1.82) is 0 Å². The number of phenols is 1. The summed E-state index contributed by atoms with van der Waals surface area (Å²) < 4.78 is 0. The van der Waals surface area contributed by atoms with Gasteiger partial charge in [0.05, 0.1) is 6.54 Å². The Morgan fingerprint density at radius 1 is 0.784 bits per heavy atom. The van der Waals surface area contributed by atoms with E-state index < -0.39 is 60.2 Å². The fourth-order valence-corrected chi connectivity index (χ4v) is 5.94. The Morgan fingerprint density at radius 2 is 1.45 bits per heavy atom. The third kappa shape index (κ3) is 11.2. The number of benzene rings is 3. The van der Waals surface area contributed by atoms with Gasteiger partial charge in [-0.15, -0.1) is 0 Å². The summed E-state index contributed by atoms with van der Waals surface area (Å²) in [6, 6.07) is 15.1. The van der Waals surface area contributed by atoms with Gasteiger partial charge in [0.25, 0.3) is 0 Å². The van der Waals surface area contributed by atoms with Crippen molar-refractivity contribution in [2.75, 3.05) is 26.7 Å². The number of aliphatic imine (C=N–C) groups is 1. The molecule has 1 saturated heterocycles. The number of hydrogen-bond acceptors (Lipinski definition) is 8. The van der Waals surface area contributed by atoms with Gasteiger partial charge in [0.15, 0.2) is 5.96 Å². The van der Waals surface area contributed by atoms with E-state index >= 15 is 0 Å². The van der Waals surface area contributed by atoms with E-state index in [1.807, 2.05) is 42.5 Å². The number of guanidine groups is 1. The molecular formula is C36H47N9O6. The maximum atomic E-state index is 14.0. The lowest BCUT2D eigenvalue weighted by Crippen LogP contribution is -2.58. The Bertz CT molecular complexity index is 1730. The zero-order chi connectivity index (χ0) is 36.9. The van der Waals surface area contributed by atoms with Crippen molar-refractivity contribution in [3.8, 4) is 5.75 Å². The van der Waals surface area contributed by atoms with Crippen molar-refractivity contribution >= 4 is 46.3 Å². The summed E-state index contributed by atoms with van der Waals surface area (Å²) in [6.45, 7) is -0.0570. The molecule has 1 aliphatic rings. The lowest BCUT2D eigenvalue weighted by atomic mass is 10.00. The van der Waals surface area contributed by atoms with Gasteiger partial charge in [0.1, 0.15) is 29.9 Å². The van der Waals surface area contributed by atoms with Crippen LogP contribution >= 0.6 is 0 Å². The summed E-state index contributed by atoms with van der Waals surface area (Å²) >= 11 is 0. The van der Waals surface area contributed by atoms with E-state index in [4.69, 9.17) is 17.2 Å². The molecule has 15 nitrogen and oxygen atoms in total. The molecule has 0 aliphatic carbocycles. The molecule has 51 heavy (non-hydrogen) atoms. The lowest BCUT2D eigenvalue weighted by molar-refractivity contribution is -0.142. The number of carbonyl (C=O) groups excluding carboxylic acids is 5. The highest BCUT2D eigenvalue weighted by Gasteiger charge is 2.35. The predicted molar refractivity (Wildman–Crippen MR) is 193 cm³/mol. The second-order valence-corrected chi connectivity index (χ2v) is 12.6. The van der Waals surface area contributed by atoms with Gasteiger partial charge in [-0.05, 0) is 66.3 Å². The van der Waals surface area contributed by atoms with E-state index in [2.05, 4.69) is 26.3 Å². The van der Waals surface area contributed by atoms with Crippen LogP contribution in [0.5, 0.6) is 5.75 Å². The number of amides is 5. The summed E-state index contributed by atoms with van der Waals surface area (Å²) in [5.74, 6) is -3.19. The minimum atomic E-state index is -1.13. The third-order valence-corrected chi connectivity index (χ3v) is 8.70. The van der Waals surface area contributed by atoms with Gasteiger partial charge in [-0.3, -0.25) is 29.0 Å². The molecule has 4 atom stereocenters. The number of fused-ring (bicyclic) bond motifs is 1. The summed E-state index contributed by atoms with van der Waals surface area (Å²) in [4.78, 5) is 74.0. The number of likely N-dealkylation sites (N-methyl/N-ethyl adjacent to an activating group) is 1. The Labute approximate surface area is 296 Å². The van der Waals surface area contributed by atoms with Crippen molar-refractivity contribution < 1.29 is 29.1 Å². The van der Waals surface area contributed by atoms with Gasteiger partial charge in [-0.2, -0.15) is 0 Å². The molecule has 3 aromatic rings. The van der Waals surface area contributed by atoms with Crippen molar-refractivity contribution in [1.82, 2.24) is 26.2 Å². The van der Waals surface area contributed by atoms with E-state index in [1.54, 1.807) is 12.1 Å². The van der Waals surface area contributed by atoms with Crippen molar-refractivity contribution in [3.63, 3.8) is 0 Å². The highest BCUT2D eigenvalue weighted by Crippen LogP contribution is 2.18. The normalized spacial score (nSPS) is 20.7. The number of carbonyl (C=O) groups is 5. The minimum absolute atomic E-state index is 0.0313. The fraction of sp³-hybridized carbons (Fsp3) is 0.389. The van der Waals surface area contributed by atoms with Crippen LogP contribution in [0.1, 0.15) is 36.8 Å². The van der Waals surface area contributed by atoms with Gasteiger partial charge in [0.2, 0.25) is 29.5 Å². The summed E-state index contributed by atoms with van der Waals surface area (Å²) in [5, 5.41) is 22.6. The summed E-state index contributed by atoms with van der Waals surface area (Å²) in [5.41, 5.74) is 18.1. The molecule has 0 radical (unpaired) electrons. The van der Waals surface area contributed by atoms with Crippen LogP contribution in [0.15, 0.2) is 71.7 Å². The van der Waals surface area contributed by atoms with Crippen LogP contribution < -0.4 is 38.5 Å². The quantitative estimate of drug-likeness (QED) is 0.0731. The minimum Gasteiger partial charge on any atom is -0.508 e. The van der Waals surface area contributed by atoms with E-state index in [1.165, 1.54) is 24.1 Å². The molecule has 0 spiro atoms. The van der Waals surface area contributed by atoms with Gasteiger partial charge >= 0.3 is 0 Å². The number of phenolic OH excluding ortho intramolecular Hbond substituents is 1. The molecule has 1 heterocycles. The highest BCUT2D eigenvalue weighted by molar-refractivity contribution is 5.97. The van der Waals surface area contributed by atoms with Crippen LogP contribution in [0, 0.1) is 0 Å². The van der Waals surface area contributed by atoms with Crippen molar-refractivity contribution in [2.24, 2.45) is 22.2 Å². The monoisotopic (exact) mass is 701 g/mol. The maximum Gasteiger partial charge on any atom is 0.245 e. The first-order valence-corrected chi connectivity index (χ1v) is 16.9. The van der Waals surface area contributed by atoms with E-state index in [9.17, 15) is 29.1 Å². The Kier molecular flexibility index (Phi) is 13.7. The zero-order valence-corrected chi connectivity index (χ0v) is 28.6. The molecule has 0 bridgehead atoms. The van der Waals surface area contributed by atoms with Crippen molar-refractivity contribution in [2.45, 2.75) is 62.7 Å². The second kappa shape index (κ2) is 18.3. The summed E-state index contributed by atoms with van der Waals surface area (Å²) in [7, 11) is 1.45. The predicted octanol–water partition coefficient (Wildman–Crippen LogP) is -0.466. The van der Waals surface area contributed by atoms with Crippen LogP contribution in [0.4, 0.5) is 0 Å². The second-order valence-electron chi connectivity index (χ2n) is 12.6. The SMILES string of the molecule is CN1C(=O)[C@@H](Cc2ccc(O)cc2)NC(=O)CNC(=O)[C@H](Cc2ccc3ccccc3c2)NC(=O)[C@H](CCCN=C(N)N)NC(=O)[C@H]1CCCN. The Morgan fingerprint density at radius 3 is 2.16 bits per heavy atom. The highest BCUT2D eigenvalue weighted by atomic mass is 16.3. The smallest absolute Gasteiger partial charge is 0.245 e. The first-order valence-electron chi connectivity index (χ1n) is 16.9. The van der Waals surface area contributed by atoms with Gasteiger partial charge in [-0.25, -0.2) is 0 Å². The topological polar surface area (TPSA) is 247 Å². The van der Waals surface area contributed by atoms with Gasteiger partial charge in [0, 0.05) is 26.4 Å². The molecule has 1 aliphatic heterocycles. The Balaban J connectivity index is 1.70. The van der Waals surface area contributed by atoms with Crippen LogP contribution in [-0.4, -0.2) is 96.4 Å². The average Bonchev–Trinajstić information content (AvgIpc) is 3.11. The molecular weight excluding hydrogens is 654 g/mol. The fourth-order valence-electron chi connectivity index (χ4n) is 5.94. The lowest BCUT2D eigenvalue weighted by Gasteiger charge is -2.32. The molecule has 3 aromatic carbocycles. The molecule has 4 rings (SSSR count). The first kappa shape index (κ1) is 38.1. The van der Waals surface area contributed by atoms with Crippen LogP contribution in [0.2, 0.25) is 0 Å². The van der Waals surface area contributed by atoms with E-state index in [0.29, 0.717) is 18.4 Å². The van der Waals surface area contributed by atoms with E-state index in [-0.39, 0.29) is 50.5 Å². The standard InChI is InChI=1S/C36H47N9O6/c1-45-30(9-4-16-37)34(50)43-27(8-5-17-40-36(38)39)33(49)44-28(20-23-10-13-24-6-2-3-7-25(24)18-23)32(48)41-21-31(47)42-29(35(45)51)19-22-11-14-26(46)15-12-22/h2-3,6-7,10-15,18,27-30,46H,4-5,8-9,16-17,19-21,37H2,1H3,(H,41,48)(H,42,47)(H,43,50)(H,44,49)(H4,38,39,40)/t27-,28-,29+,30+/m0/s1. The van der Waals surface area contributed by atoms with Crippen LogP contribution in [0.25, 0.3) is 10.8 Å². The zero-order valence-electron chi connectivity index (χ0n) is 28.6. The number of hydrogen-bond donors (Lipinski definition) is 8. The molecule has 272 valence electrons. The van der Waals surface area contributed by atoms with Crippen molar-refractivity contribution in [3.05, 3.63) is 77.9 Å². The Hall–Kier alpha value is -5.70. The van der Waals surface area contributed by atoms with Crippen LogP contribution in [-0.2, 0) is 36.8 Å². The summed E-state index contributed by atoms with van der Waals surface area (Å²) in [6.07, 6.45) is 1.11. The third-order valence-electron chi connectivity index (χ3n) is 8.70.